The van der Waals surface area contributed by atoms with Gasteiger partial charge in [0.2, 0.25) is 5.91 Å². The Morgan fingerprint density at radius 3 is 2.35 bits per heavy atom. The number of urea groups is 1. The fourth-order valence-corrected chi connectivity index (χ4v) is 4.68. The molecule has 10 nitrogen and oxygen atoms in total. The zero-order valence-electron chi connectivity index (χ0n) is 20.5. The second-order valence-corrected chi connectivity index (χ2v) is 10.3. The fraction of sp³-hybridized carbons (Fsp3) is 0.667. The monoisotopic (exact) mass is 472 g/mol. The van der Waals surface area contributed by atoms with Crippen LogP contribution in [0, 0.1) is 5.92 Å². The summed E-state index contributed by atoms with van der Waals surface area (Å²) in [5.41, 5.74) is 0.245. The molecular formula is C24H36N6O4. The lowest BCUT2D eigenvalue weighted by Gasteiger charge is -2.39. The molecule has 0 spiro atoms. The van der Waals surface area contributed by atoms with Crippen LogP contribution in [0.15, 0.2) is 18.3 Å². The SMILES string of the molecule is CC(C)(C)OC(=O)N1CCN(CC2CCN(c3ccc(N4CCC(=O)NC4=O)cn3)CC2)CC1. The molecule has 3 aliphatic heterocycles. The first-order chi connectivity index (χ1) is 16.2. The molecule has 1 aromatic heterocycles. The number of piperazine rings is 1. The van der Waals surface area contributed by atoms with Gasteiger partial charge in [0.15, 0.2) is 0 Å². The van der Waals surface area contributed by atoms with E-state index in [4.69, 9.17) is 4.74 Å². The Kier molecular flexibility index (Phi) is 7.25. The maximum absolute atomic E-state index is 12.3. The van der Waals surface area contributed by atoms with Crippen molar-refractivity contribution in [2.24, 2.45) is 5.92 Å². The number of carbonyl (C=O) groups excluding carboxylic acids is 3. The van der Waals surface area contributed by atoms with Crippen molar-refractivity contribution in [3.63, 3.8) is 0 Å². The average molecular weight is 473 g/mol. The number of piperidine rings is 1. The number of carbonyl (C=O) groups is 3. The standard InChI is InChI=1S/C24H36N6O4/c1-24(2,3)34-23(33)29-14-12-27(13-15-29)17-18-6-9-28(10-7-18)20-5-4-19(16-25-20)30-11-8-21(31)26-22(30)32/h4-5,16,18H,6-15,17H2,1-3H3,(H,26,31,32). The predicted octanol–water partition coefficient (Wildman–Crippen LogP) is 2.30. The van der Waals surface area contributed by atoms with E-state index in [9.17, 15) is 14.4 Å². The topological polar surface area (TPSA) is 98.3 Å². The van der Waals surface area contributed by atoms with Crippen LogP contribution in [0.25, 0.3) is 0 Å². The molecule has 0 aliphatic carbocycles. The zero-order chi connectivity index (χ0) is 24.3. The molecule has 3 saturated heterocycles. The van der Waals surface area contributed by atoms with E-state index in [1.54, 1.807) is 11.1 Å². The van der Waals surface area contributed by atoms with Crippen molar-refractivity contribution in [1.82, 2.24) is 20.1 Å². The van der Waals surface area contributed by atoms with Crippen molar-refractivity contribution in [2.45, 2.75) is 45.6 Å². The van der Waals surface area contributed by atoms with Crippen molar-refractivity contribution in [1.29, 1.82) is 0 Å². The molecule has 0 saturated carbocycles. The Labute approximate surface area is 201 Å². The summed E-state index contributed by atoms with van der Waals surface area (Å²) in [6, 6.07) is 3.46. The third-order valence-corrected chi connectivity index (χ3v) is 6.58. The number of ether oxygens (including phenoxy) is 1. The summed E-state index contributed by atoms with van der Waals surface area (Å²) < 4.78 is 5.49. The van der Waals surface area contributed by atoms with Crippen molar-refractivity contribution in [3.05, 3.63) is 18.3 Å². The van der Waals surface area contributed by atoms with E-state index < -0.39 is 11.6 Å². The van der Waals surface area contributed by atoms with Gasteiger partial charge in [0.25, 0.3) is 0 Å². The van der Waals surface area contributed by atoms with E-state index in [-0.39, 0.29) is 12.0 Å². The van der Waals surface area contributed by atoms with Gasteiger partial charge in [0.1, 0.15) is 11.4 Å². The summed E-state index contributed by atoms with van der Waals surface area (Å²) >= 11 is 0. The van der Waals surface area contributed by atoms with Gasteiger partial charge in [-0.05, 0) is 51.7 Å². The van der Waals surface area contributed by atoms with Gasteiger partial charge in [-0.1, -0.05) is 0 Å². The van der Waals surface area contributed by atoms with Gasteiger partial charge in [-0.3, -0.25) is 19.9 Å². The molecule has 3 aliphatic rings. The van der Waals surface area contributed by atoms with Crippen LogP contribution >= 0.6 is 0 Å². The highest BCUT2D eigenvalue weighted by Gasteiger charge is 2.29. The van der Waals surface area contributed by atoms with Gasteiger partial charge in [0, 0.05) is 58.8 Å². The minimum Gasteiger partial charge on any atom is -0.444 e. The van der Waals surface area contributed by atoms with Gasteiger partial charge in [-0.2, -0.15) is 0 Å². The van der Waals surface area contributed by atoms with E-state index in [0.29, 0.717) is 37.7 Å². The molecule has 4 amide bonds. The number of hydrogen-bond donors (Lipinski definition) is 1. The number of aromatic nitrogens is 1. The van der Waals surface area contributed by atoms with E-state index in [2.05, 4.69) is 20.1 Å². The lowest BCUT2D eigenvalue weighted by atomic mass is 9.96. The third-order valence-electron chi connectivity index (χ3n) is 6.58. The van der Waals surface area contributed by atoms with Gasteiger partial charge < -0.3 is 14.5 Å². The van der Waals surface area contributed by atoms with E-state index in [1.165, 1.54) is 0 Å². The number of amides is 4. The first kappa shape index (κ1) is 24.3. The van der Waals surface area contributed by atoms with Crippen LogP contribution in [-0.2, 0) is 9.53 Å². The summed E-state index contributed by atoms with van der Waals surface area (Å²) in [5.74, 6) is 1.32. The lowest BCUT2D eigenvalue weighted by molar-refractivity contribution is -0.120. The van der Waals surface area contributed by atoms with Gasteiger partial charge in [0.05, 0.1) is 11.9 Å². The van der Waals surface area contributed by atoms with Gasteiger partial charge >= 0.3 is 12.1 Å². The van der Waals surface area contributed by atoms with Crippen LogP contribution in [0.1, 0.15) is 40.0 Å². The summed E-state index contributed by atoms with van der Waals surface area (Å²) in [4.78, 5) is 48.3. The minimum absolute atomic E-state index is 0.214. The van der Waals surface area contributed by atoms with Crippen molar-refractivity contribution >= 4 is 29.5 Å². The van der Waals surface area contributed by atoms with E-state index in [0.717, 1.165) is 51.4 Å². The van der Waals surface area contributed by atoms with Crippen LogP contribution in [0.4, 0.5) is 21.1 Å². The van der Waals surface area contributed by atoms with Crippen molar-refractivity contribution in [3.8, 4) is 0 Å². The molecule has 1 N–H and O–H groups in total. The average Bonchev–Trinajstić information content (AvgIpc) is 2.79. The smallest absolute Gasteiger partial charge is 0.410 e. The Bertz CT molecular complexity index is 884. The Hall–Kier alpha value is -2.88. The number of nitrogens with zero attached hydrogens (tertiary/aromatic N) is 5. The zero-order valence-corrected chi connectivity index (χ0v) is 20.5. The predicted molar refractivity (Wildman–Crippen MR) is 129 cm³/mol. The lowest BCUT2D eigenvalue weighted by Crippen LogP contribution is -2.51. The Morgan fingerprint density at radius 2 is 1.76 bits per heavy atom. The minimum atomic E-state index is -0.458. The third kappa shape index (κ3) is 6.16. The second-order valence-electron chi connectivity index (χ2n) is 10.3. The molecule has 0 atom stereocenters. The summed E-state index contributed by atoms with van der Waals surface area (Å²) in [7, 11) is 0. The molecule has 0 unspecified atom stereocenters. The van der Waals surface area contributed by atoms with Crippen LogP contribution in [-0.4, -0.2) is 90.8 Å². The highest BCUT2D eigenvalue weighted by Crippen LogP contribution is 2.25. The van der Waals surface area contributed by atoms with Crippen molar-refractivity contribution < 1.29 is 19.1 Å². The molecule has 0 radical (unpaired) electrons. The van der Waals surface area contributed by atoms with E-state index in [1.807, 2.05) is 37.8 Å². The summed E-state index contributed by atoms with van der Waals surface area (Å²) in [6.07, 6.45) is 4.00. The summed E-state index contributed by atoms with van der Waals surface area (Å²) in [6.45, 7) is 12.2. The highest BCUT2D eigenvalue weighted by molar-refractivity contribution is 6.05. The fourth-order valence-electron chi connectivity index (χ4n) is 4.68. The first-order valence-corrected chi connectivity index (χ1v) is 12.2. The van der Waals surface area contributed by atoms with E-state index >= 15 is 0 Å². The number of imide groups is 1. The van der Waals surface area contributed by atoms with Crippen LogP contribution in [0.2, 0.25) is 0 Å². The van der Waals surface area contributed by atoms with Crippen LogP contribution < -0.4 is 15.1 Å². The van der Waals surface area contributed by atoms with Crippen LogP contribution in [0.3, 0.4) is 0 Å². The normalized spacial score (nSPS) is 21.0. The van der Waals surface area contributed by atoms with Crippen molar-refractivity contribution in [2.75, 3.05) is 62.2 Å². The summed E-state index contributed by atoms with van der Waals surface area (Å²) in [5, 5.41) is 2.34. The Balaban J connectivity index is 1.20. The molecule has 34 heavy (non-hydrogen) atoms. The number of nitrogens with one attached hydrogen (secondary N) is 1. The molecule has 0 aromatic carbocycles. The molecule has 3 fully saturated rings. The molecule has 1 aromatic rings. The molecule has 10 heteroatoms. The molecule has 4 rings (SSSR count). The highest BCUT2D eigenvalue weighted by atomic mass is 16.6. The quantitative estimate of drug-likeness (QED) is 0.718. The molecular weight excluding hydrogens is 436 g/mol. The van der Waals surface area contributed by atoms with Gasteiger partial charge in [-0.25, -0.2) is 14.6 Å². The maximum Gasteiger partial charge on any atom is 0.410 e. The molecule has 0 bridgehead atoms. The van der Waals surface area contributed by atoms with Gasteiger partial charge in [-0.15, -0.1) is 0 Å². The largest absolute Gasteiger partial charge is 0.444 e. The molecule has 4 heterocycles. The Morgan fingerprint density at radius 1 is 1.06 bits per heavy atom. The second kappa shape index (κ2) is 10.2. The van der Waals surface area contributed by atoms with Crippen LogP contribution in [0.5, 0.6) is 0 Å². The maximum atomic E-state index is 12.3. The number of anilines is 2. The molecule has 186 valence electrons. The number of rotatable bonds is 4. The first-order valence-electron chi connectivity index (χ1n) is 12.2. The number of hydrogen-bond acceptors (Lipinski definition) is 7. The number of pyridine rings is 1.